The van der Waals surface area contributed by atoms with Gasteiger partial charge in [-0.2, -0.15) is 0 Å². The van der Waals surface area contributed by atoms with Crippen molar-refractivity contribution in [2.75, 3.05) is 6.54 Å². The monoisotopic (exact) mass is 389 g/mol. The zero-order valence-corrected chi connectivity index (χ0v) is 15.6. The van der Waals surface area contributed by atoms with Gasteiger partial charge >= 0.3 is 0 Å². The lowest BCUT2D eigenvalue weighted by Crippen LogP contribution is -2.31. The number of carbonyl (C=O) groups excluding carboxylic acids is 1. The fraction of sp³-hybridized carbons (Fsp3) is 0.0909. The Hall–Kier alpha value is -3.31. The molecule has 0 bridgehead atoms. The van der Waals surface area contributed by atoms with Crippen LogP contribution in [0.5, 0.6) is 11.5 Å². The van der Waals surface area contributed by atoms with Gasteiger partial charge in [-0.25, -0.2) is 4.99 Å². The molecule has 0 unspecified atom stereocenters. The summed E-state index contributed by atoms with van der Waals surface area (Å²) in [5.74, 6) is 2.19. The summed E-state index contributed by atoms with van der Waals surface area (Å²) in [5.41, 5.74) is 3.87. The normalized spacial score (nSPS) is 17.6. The molecule has 1 amide bonds. The van der Waals surface area contributed by atoms with Crippen LogP contribution >= 0.6 is 11.6 Å². The summed E-state index contributed by atoms with van der Waals surface area (Å²) in [6, 6.07) is 15.1. The van der Waals surface area contributed by atoms with Crippen LogP contribution in [0, 0.1) is 0 Å². The van der Waals surface area contributed by atoms with Crippen molar-refractivity contribution in [1.82, 2.24) is 10.2 Å². The molecule has 2 aromatic rings. The van der Waals surface area contributed by atoms with Crippen LogP contribution in [0.2, 0.25) is 5.02 Å². The molecule has 0 saturated carbocycles. The second-order valence-corrected chi connectivity index (χ2v) is 7.11. The highest BCUT2D eigenvalue weighted by atomic mass is 35.5. The van der Waals surface area contributed by atoms with E-state index in [1.54, 1.807) is 18.2 Å². The number of amidine groups is 1. The van der Waals surface area contributed by atoms with E-state index in [1.807, 2.05) is 48.7 Å². The van der Waals surface area contributed by atoms with E-state index in [9.17, 15) is 4.79 Å². The first kappa shape index (κ1) is 16.8. The minimum absolute atomic E-state index is 0.0976. The SMILES string of the molecule is O=C1C=CC2=CN=C(c3cccc(Oc4ccc(Cl)cc4)c3)N3CCC(=C23)N1. The molecule has 0 saturated heterocycles. The van der Waals surface area contributed by atoms with Crippen LogP contribution < -0.4 is 10.1 Å². The Morgan fingerprint density at radius 1 is 1.07 bits per heavy atom. The fourth-order valence-corrected chi connectivity index (χ4v) is 3.71. The van der Waals surface area contributed by atoms with E-state index >= 15 is 0 Å². The molecule has 1 N–H and O–H groups in total. The van der Waals surface area contributed by atoms with Crippen LogP contribution in [0.15, 0.2) is 88.8 Å². The van der Waals surface area contributed by atoms with E-state index in [0.29, 0.717) is 5.02 Å². The zero-order chi connectivity index (χ0) is 19.1. The number of benzene rings is 2. The van der Waals surface area contributed by atoms with Crippen LogP contribution in [0.3, 0.4) is 0 Å². The van der Waals surface area contributed by atoms with E-state index in [1.165, 1.54) is 0 Å². The first-order valence-electron chi connectivity index (χ1n) is 8.99. The number of aliphatic imine (C=N–C) groups is 1. The van der Waals surface area contributed by atoms with Crippen molar-refractivity contribution in [2.45, 2.75) is 6.42 Å². The van der Waals surface area contributed by atoms with Crippen LogP contribution in [0.25, 0.3) is 0 Å². The third-order valence-corrected chi connectivity index (χ3v) is 5.08. The number of hydrogen-bond donors (Lipinski definition) is 1. The first-order valence-corrected chi connectivity index (χ1v) is 9.37. The minimum Gasteiger partial charge on any atom is -0.457 e. The van der Waals surface area contributed by atoms with Gasteiger partial charge in [-0.05, 0) is 42.5 Å². The van der Waals surface area contributed by atoms with Crippen molar-refractivity contribution >= 4 is 23.3 Å². The average molecular weight is 390 g/mol. The largest absolute Gasteiger partial charge is 0.457 e. The molecule has 3 heterocycles. The Balaban J connectivity index is 1.48. The van der Waals surface area contributed by atoms with Gasteiger partial charge in [0.05, 0.1) is 5.70 Å². The second-order valence-electron chi connectivity index (χ2n) is 6.67. The number of allylic oxidation sites excluding steroid dienone is 1. The lowest BCUT2D eigenvalue weighted by Gasteiger charge is -2.27. The molecular weight excluding hydrogens is 374 g/mol. The highest BCUT2D eigenvalue weighted by Crippen LogP contribution is 2.35. The summed E-state index contributed by atoms with van der Waals surface area (Å²) in [5, 5.41) is 3.64. The van der Waals surface area contributed by atoms with Crippen molar-refractivity contribution in [1.29, 1.82) is 0 Å². The van der Waals surface area contributed by atoms with Crippen molar-refractivity contribution in [3.05, 3.63) is 94.4 Å². The van der Waals surface area contributed by atoms with Crippen LogP contribution in [-0.2, 0) is 4.79 Å². The van der Waals surface area contributed by atoms with Crippen molar-refractivity contribution in [3.63, 3.8) is 0 Å². The van der Waals surface area contributed by atoms with Gasteiger partial charge in [0.15, 0.2) is 0 Å². The zero-order valence-electron chi connectivity index (χ0n) is 14.9. The third kappa shape index (κ3) is 3.00. The predicted molar refractivity (Wildman–Crippen MR) is 108 cm³/mol. The van der Waals surface area contributed by atoms with Gasteiger partial charge in [0, 0.05) is 47.1 Å². The van der Waals surface area contributed by atoms with E-state index in [2.05, 4.69) is 15.2 Å². The van der Waals surface area contributed by atoms with Gasteiger partial charge in [0.1, 0.15) is 17.3 Å². The van der Waals surface area contributed by atoms with E-state index < -0.39 is 0 Å². The number of ether oxygens (including phenoxy) is 1. The van der Waals surface area contributed by atoms with Gasteiger partial charge in [-0.15, -0.1) is 0 Å². The molecule has 28 heavy (non-hydrogen) atoms. The standard InChI is InChI=1S/C22H16ClN3O2/c23-16-5-7-17(8-6-16)28-18-3-1-2-14(12-18)22-24-13-15-4-9-20(27)25-19-10-11-26(22)21(15)19/h1-9,12-13H,10-11H2,(H,25,27). The van der Waals surface area contributed by atoms with Gasteiger partial charge in [0.2, 0.25) is 5.91 Å². The van der Waals surface area contributed by atoms with Gasteiger partial charge < -0.3 is 15.0 Å². The maximum atomic E-state index is 11.9. The number of rotatable bonds is 3. The maximum Gasteiger partial charge on any atom is 0.248 e. The molecule has 0 radical (unpaired) electrons. The molecule has 3 aliphatic rings. The minimum atomic E-state index is -0.0976. The van der Waals surface area contributed by atoms with E-state index in [-0.39, 0.29) is 5.91 Å². The molecule has 2 aromatic carbocycles. The van der Waals surface area contributed by atoms with Crippen LogP contribution in [0.4, 0.5) is 0 Å². The highest BCUT2D eigenvalue weighted by Gasteiger charge is 2.32. The lowest BCUT2D eigenvalue weighted by molar-refractivity contribution is -0.115. The molecular formula is C22H16ClN3O2. The Labute approximate surface area is 167 Å². The van der Waals surface area contributed by atoms with E-state index in [4.69, 9.17) is 16.3 Å². The molecule has 5 nitrogen and oxygen atoms in total. The number of halogens is 1. The Morgan fingerprint density at radius 3 is 2.79 bits per heavy atom. The molecule has 3 aliphatic heterocycles. The van der Waals surface area contributed by atoms with E-state index in [0.717, 1.165) is 52.8 Å². The molecule has 138 valence electrons. The summed E-state index contributed by atoms with van der Waals surface area (Å²) in [6.45, 7) is 0.775. The fourth-order valence-electron chi connectivity index (χ4n) is 3.59. The van der Waals surface area contributed by atoms with Crippen molar-refractivity contribution in [3.8, 4) is 11.5 Å². The predicted octanol–water partition coefficient (Wildman–Crippen LogP) is 4.38. The summed E-state index contributed by atoms with van der Waals surface area (Å²) < 4.78 is 5.96. The number of carbonyl (C=O) groups is 1. The summed E-state index contributed by atoms with van der Waals surface area (Å²) in [4.78, 5) is 18.7. The summed E-state index contributed by atoms with van der Waals surface area (Å²) in [6.07, 6.45) is 5.95. The Kier molecular flexibility index (Phi) is 4.02. The average Bonchev–Trinajstić information content (AvgIpc) is 3.04. The maximum absolute atomic E-state index is 11.9. The number of nitrogens with one attached hydrogen (secondary N) is 1. The number of amides is 1. The lowest BCUT2D eigenvalue weighted by atomic mass is 10.1. The van der Waals surface area contributed by atoms with Crippen molar-refractivity contribution < 1.29 is 9.53 Å². The number of nitrogens with zero attached hydrogens (tertiary/aromatic N) is 2. The molecule has 0 fully saturated rings. The molecule has 6 heteroatoms. The van der Waals surface area contributed by atoms with Gasteiger partial charge in [-0.1, -0.05) is 23.7 Å². The molecule has 0 atom stereocenters. The highest BCUT2D eigenvalue weighted by molar-refractivity contribution is 6.30. The Morgan fingerprint density at radius 2 is 1.93 bits per heavy atom. The van der Waals surface area contributed by atoms with Gasteiger partial charge in [0.25, 0.3) is 0 Å². The number of hydrogen-bond acceptors (Lipinski definition) is 4. The second kappa shape index (κ2) is 6.69. The molecule has 5 rings (SSSR count). The summed E-state index contributed by atoms with van der Waals surface area (Å²) in [7, 11) is 0. The smallest absolute Gasteiger partial charge is 0.248 e. The summed E-state index contributed by atoms with van der Waals surface area (Å²) >= 11 is 5.94. The quantitative estimate of drug-likeness (QED) is 0.847. The Bertz CT molecular complexity index is 1100. The molecule has 0 aromatic heterocycles. The topological polar surface area (TPSA) is 53.9 Å². The van der Waals surface area contributed by atoms with Crippen LogP contribution in [0.1, 0.15) is 12.0 Å². The molecule has 0 spiro atoms. The third-order valence-electron chi connectivity index (χ3n) is 4.83. The molecule has 0 aliphatic carbocycles. The first-order chi connectivity index (χ1) is 13.7. The van der Waals surface area contributed by atoms with Crippen LogP contribution in [-0.4, -0.2) is 23.2 Å². The van der Waals surface area contributed by atoms with Crippen molar-refractivity contribution in [2.24, 2.45) is 4.99 Å². The van der Waals surface area contributed by atoms with Gasteiger partial charge in [-0.3, -0.25) is 4.79 Å².